The van der Waals surface area contributed by atoms with Crippen molar-refractivity contribution < 1.29 is 27.4 Å². The van der Waals surface area contributed by atoms with E-state index >= 15 is 0 Å². The number of carbonyl (C=O) groups excluding carboxylic acids is 1. The van der Waals surface area contributed by atoms with Crippen LogP contribution in [0.1, 0.15) is 10.4 Å². The maximum Gasteiger partial charge on any atom is 0.573 e. The minimum absolute atomic E-state index is 0.0593. The third-order valence-corrected chi connectivity index (χ3v) is 4.15. The Morgan fingerprint density at radius 2 is 2.17 bits per heavy atom. The van der Waals surface area contributed by atoms with Crippen LogP contribution in [0.4, 0.5) is 13.2 Å². The molecule has 3 rings (SSSR count). The first-order valence-corrected chi connectivity index (χ1v) is 7.41. The van der Waals surface area contributed by atoms with Gasteiger partial charge >= 0.3 is 6.36 Å². The Hall–Kier alpha value is -1.51. The van der Waals surface area contributed by atoms with E-state index in [0.29, 0.717) is 26.2 Å². The molecule has 0 saturated carbocycles. The van der Waals surface area contributed by atoms with Gasteiger partial charge in [-0.3, -0.25) is 4.79 Å². The fourth-order valence-electron chi connectivity index (χ4n) is 2.85. The second-order valence-electron chi connectivity index (χ2n) is 5.33. The van der Waals surface area contributed by atoms with Crippen molar-refractivity contribution in [3.8, 4) is 5.75 Å². The zero-order valence-electron chi connectivity index (χ0n) is 11.9. The molecule has 0 aliphatic carbocycles. The summed E-state index contributed by atoms with van der Waals surface area (Å²) in [4.78, 5) is 14.3. The summed E-state index contributed by atoms with van der Waals surface area (Å²) >= 11 is 5.80. The van der Waals surface area contributed by atoms with E-state index in [0.717, 1.165) is 6.07 Å². The summed E-state index contributed by atoms with van der Waals surface area (Å²) in [6.07, 6.45) is -4.89. The Kier molecular flexibility index (Phi) is 4.39. The molecule has 0 unspecified atom stereocenters. The minimum atomic E-state index is -4.83. The number of nitrogens with zero attached hydrogens (tertiary/aromatic N) is 1. The van der Waals surface area contributed by atoms with Crippen LogP contribution >= 0.6 is 11.6 Å². The summed E-state index contributed by atoms with van der Waals surface area (Å²) in [7, 11) is 0. The van der Waals surface area contributed by atoms with E-state index < -0.39 is 12.1 Å². The second-order valence-corrected chi connectivity index (χ2v) is 5.73. The van der Waals surface area contributed by atoms with Crippen LogP contribution in [0.3, 0.4) is 0 Å². The van der Waals surface area contributed by atoms with E-state index in [2.05, 4.69) is 10.1 Å². The third-order valence-electron chi connectivity index (χ3n) is 3.86. The first-order chi connectivity index (χ1) is 10.8. The average Bonchev–Trinajstić information content (AvgIpc) is 2.95. The molecule has 1 aromatic carbocycles. The molecule has 2 heterocycles. The number of benzene rings is 1. The average molecular weight is 351 g/mol. The van der Waals surface area contributed by atoms with Gasteiger partial charge in [0.2, 0.25) is 0 Å². The fourth-order valence-corrected chi connectivity index (χ4v) is 3.07. The van der Waals surface area contributed by atoms with Crippen LogP contribution in [0.15, 0.2) is 18.2 Å². The Balaban J connectivity index is 1.78. The molecule has 0 bridgehead atoms. The van der Waals surface area contributed by atoms with Crippen LogP contribution in [0, 0.1) is 0 Å². The molecule has 5 nitrogen and oxygen atoms in total. The van der Waals surface area contributed by atoms with Crippen molar-refractivity contribution in [2.24, 2.45) is 0 Å². The number of carbonyl (C=O) groups is 1. The van der Waals surface area contributed by atoms with Gasteiger partial charge in [-0.05, 0) is 18.2 Å². The number of nitrogens with one attached hydrogen (secondary N) is 1. The van der Waals surface area contributed by atoms with Crippen LogP contribution in [-0.2, 0) is 4.74 Å². The Bertz CT molecular complexity index is 611. The van der Waals surface area contributed by atoms with Crippen LogP contribution in [0.2, 0.25) is 5.02 Å². The molecule has 2 saturated heterocycles. The lowest BCUT2D eigenvalue weighted by Gasteiger charge is -2.37. The minimum Gasteiger partial charge on any atom is -0.404 e. The van der Waals surface area contributed by atoms with Gasteiger partial charge in [0.25, 0.3) is 5.91 Å². The molecule has 2 fully saturated rings. The number of amides is 1. The van der Waals surface area contributed by atoms with Gasteiger partial charge in [-0.2, -0.15) is 0 Å². The normalized spacial score (nSPS) is 24.4. The lowest BCUT2D eigenvalue weighted by Crippen LogP contribution is -2.53. The number of hydrogen-bond acceptors (Lipinski definition) is 4. The quantitative estimate of drug-likeness (QED) is 0.887. The molecule has 0 aromatic heterocycles. The van der Waals surface area contributed by atoms with Crippen molar-refractivity contribution in [3.63, 3.8) is 0 Å². The number of hydrogen-bond donors (Lipinski definition) is 1. The van der Waals surface area contributed by atoms with Gasteiger partial charge in [-0.15, -0.1) is 13.2 Å². The highest BCUT2D eigenvalue weighted by Gasteiger charge is 2.39. The molecule has 2 aliphatic rings. The molecule has 2 atom stereocenters. The Morgan fingerprint density at radius 3 is 2.87 bits per heavy atom. The van der Waals surface area contributed by atoms with Crippen LogP contribution < -0.4 is 10.1 Å². The van der Waals surface area contributed by atoms with Crippen molar-refractivity contribution in [2.45, 2.75) is 18.5 Å². The predicted octanol–water partition coefficient (Wildman–Crippen LogP) is 2.05. The summed E-state index contributed by atoms with van der Waals surface area (Å²) in [5, 5.41) is 2.90. The largest absolute Gasteiger partial charge is 0.573 e. The van der Waals surface area contributed by atoms with Gasteiger partial charge in [-0.1, -0.05) is 11.6 Å². The number of morpholine rings is 1. The van der Waals surface area contributed by atoms with E-state index in [1.807, 2.05) is 0 Å². The molecule has 0 radical (unpaired) electrons. The number of halogens is 4. The molecule has 1 amide bonds. The van der Waals surface area contributed by atoms with Crippen LogP contribution in [0.25, 0.3) is 0 Å². The lowest BCUT2D eigenvalue weighted by atomic mass is 10.1. The summed E-state index contributed by atoms with van der Waals surface area (Å²) < 4.78 is 46.1. The highest BCUT2D eigenvalue weighted by atomic mass is 35.5. The van der Waals surface area contributed by atoms with Gasteiger partial charge in [-0.25, -0.2) is 0 Å². The van der Waals surface area contributed by atoms with Crippen LogP contribution in [-0.4, -0.2) is 55.6 Å². The first-order valence-electron chi connectivity index (χ1n) is 7.04. The van der Waals surface area contributed by atoms with Gasteiger partial charge in [0, 0.05) is 25.2 Å². The topological polar surface area (TPSA) is 50.8 Å². The monoisotopic (exact) mass is 350 g/mol. The molecule has 2 aliphatic heterocycles. The molecule has 126 valence electrons. The first kappa shape index (κ1) is 16.4. The third kappa shape index (κ3) is 3.54. The zero-order chi connectivity index (χ0) is 16.6. The molecule has 1 aromatic rings. The highest BCUT2D eigenvalue weighted by Crippen LogP contribution is 2.31. The number of ether oxygens (including phenoxy) is 2. The van der Waals surface area contributed by atoms with E-state index in [1.54, 1.807) is 4.90 Å². The zero-order valence-corrected chi connectivity index (χ0v) is 12.7. The van der Waals surface area contributed by atoms with E-state index in [-0.39, 0.29) is 28.6 Å². The molecular weight excluding hydrogens is 337 g/mol. The van der Waals surface area contributed by atoms with Gasteiger partial charge < -0.3 is 19.7 Å². The van der Waals surface area contributed by atoms with Crippen molar-refractivity contribution in [1.82, 2.24) is 10.2 Å². The standard InChI is InChI=1S/C14H14ClF3N2O3/c15-9-5-8(1-2-11(9)23-14(16,17)18)13(21)20-3-4-22-12-7-19-6-10(12)20/h1-2,5,10,12,19H,3-4,6-7H2/t10-,12+/m0/s1. The van der Waals surface area contributed by atoms with Crippen molar-refractivity contribution >= 4 is 17.5 Å². The summed E-state index contributed by atoms with van der Waals surface area (Å²) in [5.41, 5.74) is 0.220. The van der Waals surface area contributed by atoms with Gasteiger partial charge in [0.05, 0.1) is 23.8 Å². The van der Waals surface area contributed by atoms with E-state index in [4.69, 9.17) is 16.3 Å². The highest BCUT2D eigenvalue weighted by molar-refractivity contribution is 6.32. The predicted molar refractivity (Wildman–Crippen MR) is 75.6 cm³/mol. The van der Waals surface area contributed by atoms with Crippen molar-refractivity contribution in [1.29, 1.82) is 0 Å². The van der Waals surface area contributed by atoms with Crippen molar-refractivity contribution in [3.05, 3.63) is 28.8 Å². The Morgan fingerprint density at radius 1 is 1.39 bits per heavy atom. The van der Waals surface area contributed by atoms with E-state index in [1.165, 1.54) is 12.1 Å². The second kappa shape index (κ2) is 6.18. The number of fused-ring (bicyclic) bond motifs is 1. The molecule has 23 heavy (non-hydrogen) atoms. The Labute approximate surface area is 135 Å². The van der Waals surface area contributed by atoms with Gasteiger partial charge in [0.15, 0.2) is 0 Å². The maximum absolute atomic E-state index is 12.6. The summed E-state index contributed by atoms with van der Waals surface area (Å²) in [6, 6.07) is 3.44. The van der Waals surface area contributed by atoms with Crippen molar-refractivity contribution in [2.75, 3.05) is 26.2 Å². The molecule has 0 spiro atoms. The fraction of sp³-hybridized carbons (Fsp3) is 0.500. The van der Waals surface area contributed by atoms with E-state index in [9.17, 15) is 18.0 Å². The van der Waals surface area contributed by atoms with Crippen LogP contribution in [0.5, 0.6) is 5.75 Å². The lowest BCUT2D eigenvalue weighted by molar-refractivity contribution is -0.274. The molecule has 9 heteroatoms. The molecule has 1 N–H and O–H groups in total. The maximum atomic E-state index is 12.6. The number of alkyl halides is 3. The summed E-state index contributed by atoms with van der Waals surface area (Å²) in [6.45, 7) is 2.16. The van der Waals surface area contributed by atoms with Gasteiger partial charge in [0.1, 0.15) is 5.75 Å². The smallest absolute Gasteiger partial charge is 0.404 e. The SMILES string of the molecule is O=C(c1ccc(OC(F)(F)F)c(Cl)c1)N1CCO[C@@H]2CNC[C@@H]21. The molecular formula is C14H14ClF3N2O3. The summed E-state index contributed by atoms with van der Waals surface area (Å²) in [5.74, 6) is -0.814. The number of rotatable bonds is 2.